The molecule has 21 heavy (non-hydrogen) atoms. The lowest BCUT2D eigenvalue weighted by Crippen LogP contribution is -1.94. The van der Waals surface area contributed by atoms with E-state index in [0.717, 1.165) is 10.6 Å². The molecule has 0 fully saturated rings. The number of hydrogen-bond donors (Lipinski definition) is 0. The molecule has 0 spiro atoms. The minimum Gasteiger partial charge on any atom is -0.145 e. The van der Waals surface area contributed by atoms with Crippen LogP contribution in [-0.2, 0) is 12.8 Å². The van der Waals surface area contributed by atoms with E-state index in [-0.39, 0.29) is 4.83 Å². The van der Waals surface area contributed by atoms with Gasteiger partial charge in [-0.1, -0.05) is 57.9 Å². The Kier molecular flexibility index (Phi) is 3.36. The smallest absolute Gasteiger partial charge is 0.0759 e. The summed E-state index contributed by atoms with van der Waals surface area (Å²) in [6, 6.07) is 11.2. The zero-order chi connectivity index (χ0) is 14.6. The van der Waals surface area contributed by atoms with Crippen LogP contribution in [0.25, 0.3) is 10.8 Å². The molecule has 1 aromatic heterocycles. The molecule has 0 nitrogen and oxygen atoms in total. The van der Waals surface area contributed by atoms with Crippen LogP contribution in [0.4, 0.5) is 0 Å². The van der Waals surface area contributed by atoms with Gasteiger partial charge in [-0.05, 0) is 58.2 Å². The summed E-state index contributed by atoms with van der Waals surface area (Å²) in [5.74, 6) is 0. The average molecular weight is 378 g/mol. The van der Waals surface area contributed by atoms with Crippen LogP contribution in [0.5, 0.6) is 0 Å². The molecule has 0 N–H and O–H groups in total. The molecule has 0 radical (unpaired) electrons. The second-order valence-corrected chi connectivity index (χ2v) is 7.82. The summed E-state index contributed by atoms with van der Waals surface area (Å²) in [5, 5.41) is 5.85. The number of halogens is 2. The molecule has 106 valence electrons. The van der Waals surface area contributed by atoms with E-state index in [1.165, 1.54) is 45.2 Å². The molecule has 0 saturated heterocycles. The van der Waals surface area contributed by atoms with Crippen molar-refractivity contribution in [2.45, 2.75) is 24.6 Å². The highest BCUT2D eigenvalue weighted by Gasteiger charge is 2.22. The van der Waals surface area contributed by atoms with E-state index in [9.17, 15) is 0 Å². The maximum absolute atomic E-state index is 6.46. The van der Waals surface area contributed by atoms with Gasteiger partial charge in [0.05, 0.1) is 9.85 Å². The molecule has 2 aromatic carbocycles. The zero-order valence-electron chi connectivity index (χ0n) is 11.6. The fourth-order valence-electron chi connectivity index (χ4n) is 3.25. The summed E-state index contributed by atoms with van der Waals surface area (Å²) in [6.07, 6.45) is 2.34. The van der Waals surface area contributed by atoms with Crippen molar-refractivity contribution in [3.05, 3.63) is 67.9 Å². The maximum atomic E-state index is 6.46. The normalized spacial score (nSPS) is 14.8. The van der Waals surface area contributed by atoms with Gasteiger partial charge in [-0.2, -0.15) is 0 Å². The third-order valence-electron chi connectivity index (χ3n) is 4.34. The van der Waals surface area contributed by atoms with Crippen LogP contribution >= 0.6 is 38.9 Å². The lowest BCUT2D eigenvalue weighted by atomic mass is 9.97. The van der Waals surface area contributed by atoms with Crippen LogP contribution in [-0.4, -0.2) is 0 Å². The highest BCUT2D eigenvalue weighted by atomic mass is 79.9. The molecular weight excluding hydrogens is 364 g/mol. The SMILES string of the molecule is Cc1csc(C(Br)c2ccc3c4c(cccc24)CC3)c1Cl. The van der Waals surface area contributed by atoms with Gasteiger partial charge in [-0.3, -0.25) is 0 Å². The van der Waals surface area contributed by atoms with E-state index in [1.54, 1.807) is 11.3 Å². The predicted molar refractivity (Wildman–Crippen MR) is 96.2 cm³/mol. The predicted octanol–water partition coefficient (Wildman–Crippen LogP) is 6.45. The fourth-order valence-corrected chi connectivity index (χ4v) is 5.63. The van der Waals surface area contributed by atoms with Gasteiger partial charge in [-0.15, -0.1) is 11.3 Å². The average Bonchev–Trinajstić information content (AvgIpc) is 3.06. The topological polar surface area (TPSA) is 0 Å². The Balaban J connectivity index is 1.94. The molecule has 1 aliphatic rings. The Labute approximate surface area is 141 Å². The van der Waals surface area contributed by atoms with Crippen LogP contribution in [0, 0.1) is 6.92 Å². The van der Waals surface area contributed by atoms with Gasteiger partial charge in [0.15, 0.2) is 0 Å². The molecule has 0 saturated carbocycles. The number of alkyl halides is 1. The Morgan fingerprint density at radius 3 is 2.62 bits per heavy atom. The molecule has 1 atom stereocenters. The molecule has 3 heteroatoms. The monoisotopic (exact) mass is 376 g/mol. The molecule has 1 unspecified atom stereocenters. The number of hydrogen-bond acceptors (Lipinski definition) is 1. The first kappa shape index (κ1) is 13.8. The van der Waals surface area contributed by atoms with E-state index in [0.29, 0.717) is 0 Å². The number of thiophene rings is 1. The van der Waals surface area contributed by atoms with E-state index in [1.807, 2.05) is 0 Å². The summed E-state index contributed by atoms with van der Waals surface area (Å²) in [6.45, 7) is 2.07. The Hall–Kier alpha value is -0.830. The fraction of sp³-hybridized carbons (Fsp3) is 0.222. The minimum absolute atomic E-state index is 0.161. The van der Waals surface area contributed by atoms with Gasteiger partial charge in [0.2, 0.25) is 0 Å². The highest BCUT2D eigenvalue weighted by Crippen LogP contribution is 2.44. The van der Waals surface area contributed by atoms with Crippen molar-refractivity contribution >= 4 is 49.6 Å². The maximum Gasteiger partial charge on any atom is 0.0759 e. The molecule has 0 amide bonds. The molecule has 1 heterocycles. The van der Waals surface area contributed by atoms with Crippen LogP contribution in [0.3, 0.4) is 0 Å². The quantitative estimate of drug-likeness (QED) is 0.450. The van der Waals surface area contributed by atoms with Crippen LogP contribution in [0.15, 0.2) is 35.7 Å². The van der Waals surface area contributed by atoms with Crippen molar-refractivity contribution in [3.8, 4) is 0 Å². The number of rotatable bonds is 2. The Morgan fingerprint density at radius 2 is 1.90 bits per heavy atom. The van der Waals surface area contributed by atoms with Crippen LogP contribution in [0.1, 0.15) is 32.0 Å². The van der Waals surface area contributed by atoms with E-state index >= 15 is 0 Å². The second-order valence-electron chi connectivity index (χ2n) is 5.61. The lowest BCUT2D eigenvalue weighted by molar-refractivity contribution is 1.02. The van der Waals surface area contributed by atoms with Gasteiger partial charge in [-0.25, -0.2) is 0 Å². The highest BCUT2D eigenvalue weighted by molar-refractivity contribution is 9.09. The van der Waals surface area contributed by atoms with Gasteiger partial charge >= 0.3 is 0 Å². The van der Waals surface area contributed by atoms with Crippen molar-refractivity contribution in [2.75, 3.05) is 0 Å². The standard InChI is InChI=1S/C18H14BrClS/c1-10-9-21-18(17(10)20)16(19)14-8-7-12-6-5-11-3-2-4-13(14)15(11)12/h2-4,7-9,16H,5-6H2,1H3. The number of benzene rings is 2. The third-order valence-corrected chi connectivity index (χ3v) is 7.37. The van der Waals surface area contributed by atoms with Crippen molar-refractivity contribution in [1.29, 1.82) is 0 Å². The Morgan fingerprint density at radius 1 is 1.14 bits per heavy atom. The van der Waals surface area contributed by atoms with Crippen LogP contribution < -0.4 is 0 Å². The molecule has 3 aromatic rings. The largest absolute Gasteiger partial charge is 0.145 e. The van der Waals surface area contributed by atoms with Crippen molar-refractivity contribution in [2.24, 2.45) is 0 Å². The summed E-state index contributed by atoms with van der Waals surface area (Å²) in [7, 11) is 0. The molecule has 0 bridgehead atoms. The first-order valence-electron chi connectivity index (χ1n) is 7.07. The summed E-state index contributed by atoms with van der Waals surface area (Å²) in [4.78, 5) is 1.36. The van der Waals surface area contributed by atoms with E-state index in [4.69, 9.17) is 11.6 Å². The number of aryl methyl sites for hydroxylation is 3. The van der Waals surface area contributed by atoms with Gasteiger partial charge in [0, 0.05) is 4.88 Å². The van der Waals surface area contributed by atoms with Crippen molar-refractivity contribution in [1.82, 2.24) is 0 Å². The first-order chi connectivity index (χ1) is 10.2. The van der Waals surface area contributed by atoms with Crippen LogP contribution in [0.2, 0.25) is 5.02 Å². The first-order valence-corrected chi connectivity index (χ1v) is 9.25. The minimum atomic E-state index is 0.161. The third kappa shape index (κ3) is 2.08. The summed E-state index contributed by atoms with van der Waals surface area (Å²) >= 11 is 12.1. The van der Waals surface area contributed by atoms with Gasteiger partial charge in [0.1, 0.15) is 0 Å². The summed E-state index contributed by atoms with van der Waals surface area (Å²) in [5.41, 5.74) is 5.45. The Bertz CT molecular complexity index is 840. The molecule has 0 aliphatic heterocycles. The van der Waals surface area contributed by atoms with E-state index < -0.39 is 0 Å². The van der Waals surface area contributed by atoms with Gasteiger partial charge in [0.25, 0.3) is 0 Å². The summed E-state index contributed by atoms with van der Waals surface area (Å²) < 4.78 is 0. The van der Waals surface area contributed by atoms with Crippen molar-refractivity contribution < 1.29 is 0 Å². The molecule has 1 aliphatic carbocycles. The molecule has 4 rings (SSSR count). The van der Waals surface area contributed by atoms with Crippen molar-refractivity contribution in [3.63, 3.8) is 0 Å². The molecular formula is C18H14BrClS. The van der Waals surface area contributed by atoms with E-state index in [2.05, 4.69) is 58.6 Å². The lowest BCUT2D eigenvalue weighted by Gasteiger charge is -2.14. The second kappa shape index (κ2) is 5.12. The van der Waals surface area contributed by atoms with Gasteiger partial charge < -0.3 is 0 Å². The zero-order valence-corrected chi connectivity index (χ0v) is 14.8.